The number of benzene rings is 2. The van der Waals surface area contributed by atoms with Crippen molar-refractivity contribution in [1.29, 1.82) is 0 Å². The molecule has 0 atom stereocenters. The van der Waals surface area contributed by atoms with Gasteiger partial charge in [0.2, 0.25) is 0 Å². The van der Waals surface area contributed by atoms with E-state index in [1.165, 1.54) is 28.9 Å². The van der Waals surface area contributed by atoms with Crippen molar-refractivity contribution in [2.45, 2.75) is 19.9 Å². The first kappa shape index (κ1) is 18.6. The molecule has 3 rings (SSSR count). The van der Waals surface area contributed by atoms with Gasteiger partial charge in [-0.05, 0) is 36.8 Å². The fourth-order valence-corrected chi connectivity index (χ4v) is 2.71. The minimum atomic E-state index is -0.376. The lowest BCUT2D eigenvalue weighted by atomic mass is 10.1. The molecule has 1 heterocycles. The molecule has 0 fully saturated rings. The number of fused-ring (bicyclic) bond motifs is 1. The van der Waals surface area contributed by atoms with Crippen LogP contribution in [-0.2, 0) is 6.54 Å². The van der Waals surface area contributed by atoms with E-state index in [9.17, 15) is 14.0 Å². The summed E-state index contributed by atoms with van der Waals surface area (Å²) in [6.45, 7) is 2.86. The van der Waals surface area contributed by atoms with Gasteiger partial charge in [-0.3, -0.25) is 9.59 Å². The van der Waals surface area contributed by atoms with Gasteiger partial charge in [0.05, 0.1) is 11.9 Å². The Balaban J connectivity index is 1.72. The van der Waals surface area contributed by atoms with Crippen LogP contribution in [0.5, 0.6) is 5.75 Å². The van der Waals surface area contributed by atoms with Crippen LogP contribution in [0.2, 0.25) is 0 Å². The molecule has 140 valence electrons. The van der Waals surface area contributed by atoms with Crippen LogP contribution in [-0.4, -0.2) is 28.8 Å². The number of aryl methyl sites for hydroxylation is 1. The first-order valence-electron chi connectivity index (χ1n) is 8.76. The van der Waals surface area contributed by atoms with Gasteiger partial charge in [-0.2, -0.15) is 5.10 Å². The van der Waals surface area contributed by atoms with Crippen LogP contribution in [0.4, 0.5) is 4.39 Å². The summed E-state index contributed by atoms with van der Waals surface area (Å²) in [5.41, 5.74) is 0.00377. The molecule has 6 nitrogen and oxygen atoms in total. The van der Waals surface area contributed by atoms with E-state index in [1.807, 2.05) is 6.92 Å². The Hall–Kier alpha value is -3.22. The van der Waals surface area contributed by atoms with Crippen LogP contribution < -0.4 is 15.6 Å². The Morgan fingerprint density at radius 1 is 1.15 bits per heavy atom. The quantitative estimate of drug-likeness (QED) is 0.650. The summed E-state index contributed by atoms with van der Waals surface area (Å²) in [6.07, 6.45) is 0.734. The van der Waals surface area contributed by atoms with E-state index < -0.39 is 0 Å². The first-order chi connectivity index (χ1) is 13.1. The number of halogens is 1. The molecule has 0 aliphatic heterocycles. The van der Waals surface area contributed by atoms with Gasteiger partial charge in [-0.1, -0.05) is 25.1 Å². The largest absolute Gasteiger partial charge is 0.492 e. The van der Waals surface area contributed by atoms with Gasteiger partial charge < -0.3 is 10.1 Å². The number of hydrogen-bond acceptors (Lipinski definition) is 4. The molecular weight excluding hydrogens is 349 g/mol. The van der Waals surface area contributed by atoms with E-state index in [2.05, 4.69) is 10.4 Å². The van der Waals surface area contributed by atoms with Crippen LogP contribution in [0.1, 0.15) is 23.8 Å². The topological polar surface area (TPSA) is 73.2 Å². The Morgan fingerprint density at radius 3 is 2.56 bits per heavy atom. The van der Waals surface area contributed by atoms with Gasteiger partial charge in [-0.25, -0.2) is 9.07 Å². The van der Waals surface area contributed by atoms with E-state index in [4.69, 9.17) is 4.74 Å². The zero-order valence-electron chi connectivity index (χ0n) is 14.9. The highest BCUT2D eigenvalue weighted by atomic mass is 19.1. The van der Waals surface area contributed by atoms with E-state index in [1.54, 1.807) is 24.3 Å². The molecule has 7 heteroatoms. The third-order valence-corrected chi connectivity index (χ3v) is 3.99. The highest BCUT2D eigenvalue weighted by Gasteiger charge is 2.16. The second kappa shape index (κ2) is 8.44. The lowest BCUT2D eigenvalue weighted by Crippen LogP contribution is -2.32. The normalized spacial score (nSPS) is 10.7. The molecule has 0 saturated carbocycles. The molecule has 0 saturated heterocycles. The van der Waals surface area contributed by atoms with E-state index in [-0.39, 0.29) is 36.1 Å². The summed E-state index contributed by atoms with van der Waals surface area (Å²) in [6, 6.07) is 12.6. The monoisotopic (exact) mass is 369 g/mol. The zero-order chi connectivity index (χ0) is 19.2. The van der Waals surface area contributed by atoms with Crippen molar-refractivity contribution in [2.75, 3.05) is 13.2 Å². The molecule has 0 unspecified atom stereocenters. The number of carbonyl (C=O) groups is 1. The number of carbonyl (C=O) groups excluding carboxylic acids is 1. The molecular formula is C20H20FN3O3. The van der Waals surface area contributed by atoms with Gasteiger partial charge in [0, 0.05) is 11.9 Å². The molecule has 0 aliphatic rings. The Morgan fingerprint density at radius 2 is 1.85 bits per heavy atom. The number of rotatable bonds is 7. The second-order valence-corrected chi connectivity index (χ2v) is 5.98. The van der Waals surface area contributed by atoms with Crippen LogP contribution in [0.3, 0.4) is 0 Å². The summed E-state index contributed by atoms with van der Waals surface area (Å²) in [5, 5.41) is 7.98. The fraction of sp³-hybridized carbons (Fsp3) is 0.250. The highest BCUT2D eigenvalue weighted by molar-refractivity contribution is 6.04. The van der Waals surface area contributed by atoms with Gasteiger partial charge in [0.1, 0.15) is 18.2 Å². The van der Waals surface area contributed by atoms with Crippen LogP contribution in [0, 0.1) is 5.82 Å². The molecule has 0 bridgehead atoms. The molecule has 1 aromatic heterocycles. The minimum Gasteiger partial charge on any atom is -0.492 e. The van der Waals surface area contributed by atoms with Crippen molar-refractivity contribution in [3.8, 4) is 5.75 Å². The van der Waals surface area contributed by atoms with Crippen molar-refractivity contribution in [3.63, 3.8) is 0 Å². The number of amides is 1. The maximum absolute atomic E-state index is 12.9. The van der Waals surface area contributed by atoms with Gasteiger partial charge in [0.15, 0.2) is 5.69 Å². The molecule has 1 N–H and O–H groups in total. The molecule has 2 aromatic carbocycles. The molecule has 0 aliphatic carbocycles. The van der Waals surface area contributed by atoms with Crippen molar-refractivity contribution in [2.24, 2.45) is 0 Å². The maximum atomic E-state index is 12.9. The standard InChI is InChI=1S/C20H20FN3O3/c1-2-12-24-20(26)17-6-4-3-5-16(17)18(23-24)19(25)22-11-13-27-15-9-7-14(21)8-10-15/h3-10H,2,11-13H2,1H3,(H,22,25). The zero-order valence-corrected chi connectivity index (χ0v) is 14.9. The summed E-state index contributed by atoms with van der Waals surface area (Å²) in [7, 11) is 0. The maximum Gasteiger partial charge on any atom is 0.274 e. The number of ether oxygens (including phenoxy) is 1. The van der Waals surface area contributed by atoms with E-state index in [0.29, 0.717) is 23.1 Å². The molecule has 0 radical (unpaired) electrons. The lowest BCUT2D eigenvalue weighted by molar-refractivity contribution is 0.0941. The van der Waals surface area contributed by atoms with E-state index in [0.717, 1.165) is 6.42 Å². The summed E-state index contributed by atoms with van der Waals surface area (Å²) >= 11 is 0. The SMILES string of the molecule is CCCn1nc(C(=O)NCCOc2ccc(F)cc2)c2ccccc2c1=O. The predicted octanol–water partition coefficient (Wildman–Crippen LogP) is 2.75. The van der Waals surface area contributed by atoms with Gasteiger partial charge in [-0.15, -0.1) is 0 Å². The van der Waals surface area contributed by atoms with Crippen molar-refractivity contribution >= 4 is 16.7 Å². The Bertz CT molecular complexity index is 1000. The number of aromatic nitrogens is 2. The predicted molar refractivity (Wildman–Crippen MR) is 101 cm³/mol. The van der Waals surface area contributed by atoms with Crippen molar-refractivity contribution in [1.82, 2.24) is 15.1 Å². The van der Waals surface area contributed by atoms with Crippen molar-refractivity contribution < 1.29 is 13.9 Å². The lowest BCUT2D eigenvalue weighted by Gasteiger charge is -2.11. The highest BCUT2D eigenvalue weighted by Crippen LogP contribution is 2.13. The van der Waals surface area contributed by atoms with Crippen molar-refractivity contribution in [3.05, 3.63) is 70.4 Å². The third kappa shape index (κ3) is 4.31. The molecule has 0 spiro atoms. The minimum absolute atomic E-state index is 0.205. The molecule has 1 amide bonds. The fourth-order valence-electron chi connectivity index (χ4n) is 2.71. The average molecular weight is 369 g/mol. The number of hydrogen-bond donors (Lipinski definition) is 1. The van der Waals surface area contributed by atoms with E-state index >= 15 is 0 Å². The Labute approximate surface area is 155 Å². The number of nitrogens with one attached hydrogen (secondary N) is 1. The summed E-state index contributed by atoms with van der Waals surface area (Å²) in [5.74, 6) is -0.194. The first-order valence-corrected chi connectivity index (χ1v) is 8.76. The summed E-state index contributed by atoms with van der Waals surface area (Å²) in [4.78, 5) is 25.0. The van der Waals surface area contributed by atoms with Crippen LogP contribution in [0.25, 0.3) is 10.8 Å². The smallest absolute Gasteiger partial charge is 0.274 e. The Kier molecular flexibility index (Phi) is 5.80. The molecule has 3 aromatic rings. The second-order valence-electron chi connectivity index (χ2n) is 5.98. The summed E-state index contributed by atoms with van der Waals surface area (Å²) < 4.78 is 19.7. The van der Waals surface area contributed by atoms with Crippen LogP contribution >= 0.6 is 0 Å². The third-order valence-electron chi connectivity index (χ3n) is 3.99. The average Bonchev–Trinajstić information content (AvgIpc) is 2.69. The van der Waals surface area contributed by atoms with Gasteiger partial charge in [0.25, 0.3) is 11.5 Å². The van der Waals surface area contributed by atoms with Gasteiger partial charge >= 0.3 is 0 Å². The molecule has 27 heavy (non-hydrogen) atoms. The number of nitrogens with zero attached hydrogens (tertiary/aromatic N) is 2. The van der Waals surface area contributed by atoms with Crippen LogP contribution in [0.15, 0.2) is 53.3 Å².